The van der Waals surface area contributed by atoms with Gasteiger partial charge >= 0.3 is 0 Å². The molecule has 5 heteroatoms. The second kappa shape index (κ2) is 6.35. The normalized spacial score (nSPS) is 12.3. The van der Waals surface area contributed by atoms with Gasteiger partial charge in [0.25, 0.3) is 0 Å². The number of aliphatic hydroxyl groups excluding tert-OH is 1. The van der Waals surface area contributed by atoms with Crippen LogP contribution in [0.15, 0.2) is 34.8 Å². The van der Waals surface area contributed by atoms with Gasteiger partial charge in [-0.2, -0.15) is 0 Å². The van der Waals surface area contributed by atoms with Crippen molar-refractivity contribution in [3.8, 4) is 5.75 Å². The van der Waals surface area contributed by atoms with Gasteiger partial charge in [0.05, 0.1) is 7.11 Å². The summed E-state index contributed by atoms with van der Waals surface area (Å²) in [5.41, 5.74) is 2.10. The monoisotopic (exact) mass is 374 g/mol. The molecule has 0 aromatic heterocycles. The third-order valence-electron chi connectivity index (χ3n) is 3.08. The highest BCUT2D eigenvalue weighted by atomic mass is 79.9. The van der Waals surface area contributed by atoms with Gasteiger partial charge in [0.2, 0.25) is 0 Å². The Morgan fingerprint density at radius 1 is 1.20 bits per heavy atom. The van der Waals surface area contributed by atoms with Crippen LogP contribution in [0.3, 0.4) is 0 Å². The van der Waals surface area contributed by atoms with Crippen molar-refractivity contribution >= 4 is 39.1 Å². The van der Waals surface area contributed by atoms with Gasteiger partial charge in [-0.1, -0.05) is 45.2 Å². The van der Waals surface area contributed by atoms with Crippen LogP contribution in [0.4, 0.5) is 0 Å². The van der Waals surface area contributed by atoms with E-state index in [1.807, 2.05) is 19.1 Å². The van der Waals surface area contributed by atoms with Crippen molar-refractivity contribution in [3.63, 3.8) is 0 Å². The number of hydrogen-bond acceptors (Lipinski definition) is 2. The molecule has 0 saturated carbocycles. The highest BCUT2D eigenvalue weighted by Crippen LogP contribution is 2.39. The molecule has 1 N–H and O–H groups in total. The summed E-state index contributed by atoms with van der Waals surface area (Å²) in [5, 5.41) is 11.5. The Hall–Kier alpha value is -0.740. The maximum Gasteiger partial charge on any atom is 0.125 e. The van der Waals surface area contributed by atoms with Crippen molar-refractivity contribution < 1.29 is 9.84 Å². The molecule has 20 heavy (non-hydrogen) atoms. The van der Waals surface area contributed by atoms with Gasteiger partial charge in [-0.3, -0.25) is 0 Å². The van der Waals surface area contributed by atoms with Crippen LogP contribution in [0.5, 0.6) is 5.75 Å². The van der Waals surface area contributed by atoms with Crippen molar-refractivity contribution in [2.75, 3.05) is 7.11 Å². The number of methoxy groups -OCH3 is 1. The number of benzene rings is 2. The lowest BCUT2D eigenvalue weighted by molar-refractivity contribution is 0.215. The van der Waals surface area contributed by atoms with E-state index in [9.17, 15) is 5.11 Å². The molecule has 2 aromatic rings. The average molecular weight is 376 g/mol. The molecule has 0 bridgehead atoms. The van der Waals surface area contributed by atoms with E-state index >= 15 is 0 Å². The van der Waals surface area contributed by atoms with Crippen LogP contribution in [0.2, 0.25) is 10.0 Å². The van der Waals surface area contributed by atoms with Gasteiger partial charge in [0.15, 0.2) is 0 Å². The zero-order valence-corrected chi connectivity index (χ0v) is 14.1. The zero-order valence-electron chi connectivity index (χ0n) is 11.0. The lowest BCUT2D eigenvalue weighted by atomic mass is 9.99. The molecule has 0 aliphatic carbocycles. The van der Waals surface area contributed by atoms with E-state index < -0.39 is 6.10 Å². The molecule has 2 rings (SSSR count). The topological polar surface area (TPSA) is 29.5 Å². The molecule has 0 fully saturated rings. The van der Waals surface area contributed by atoms with Gasteiger partial charge < -0.3 is 9.84 Å². The van der Waals surface area contributed by atoms with Crippen LogP contribution in [0.1, 0.15) is 22.8 Å². The number of rotatable bonds is 3. The van der Waals surface area contributed by atoms with Gasteiger partial charge in [-0.15, -0.1) is 0 Å². The summed E-state index contributed by atoms with van der Waals surface area (Å²) in [5.74, 6) is 0.592. The molecule has 0 saturated heterocycles. The molecule has 1 unspecified atom stereocenters. The van der Waals surface area contributed by atoms with Crippen molar-refractivity contribution in [1.29, 1.82) is 0 Å². The van der Waals surface area contributed by atoms with Gasteiger partial charge in [-0.25, -0.2) is 0 Å². The van der Waals surface area contributed by atoms with Crippen molar-refractivity contribution in [2.24, 2.45) is 0 Å². The lowest BCUT2D eigenvalue weighted by Crippen LogP contribution is -2.04. The van der Waals surface area contributed by atoms with Crippen LogP contribution in [-0.2, 0) is 0 Å². The van der Waals surface area contributed by atoms with Crippen molar-refractivity contribution in [1.82, 2.24) is 0 Å². The Morgan fingerprint density at radius 2 is 1.80 bits per heavy atom. The molecule has 0 radical (unpaired) electrons. The number of halogens is 3. The quantitative estimate of drug-likeness (QED) is 0.803. The summed E-state index contributed by atoms with van der Waals surface area (Å²) >= 11 is 15.7. The second-order valence-electron chi connectivity index (χ2n) is 4.38. The molecule has 0 aliphatic rings. The molecule has 0 aliphatic heterocycles. The fourth-order valence-corrected chi connectivity index (χ4v) is 2.95. The van der Waals surface area contributed by atoms with E-state index in [-0.39, 0.29) is 0 Å². The molecule has 2 nitrogen and oxygen atoms in total. The van der Waals surface area contributed by atoms with E-state index in [1.165, 1.54) is 0 Å². The van der Waals surface area contributed by atoms with Crippen LogP contribution in [0.25, 0.3) is 0 Å². The maximum absolute atomic E-state index is 10.6. The molecule has 0 spiro atoms. The Bertz CT molecular complexity index is 624. The van der Waals surface area contributed by atoms with E-state index in [4.69, 9.17) is 27.9 Å². The van der Waals surface area contributed by atoms with Gasteiger partial charge in [0.1, 0.15) is 11.9 Å². The lowest BCUT2D eigenvalue weighted by Gasteiger charge is -2.18. The van der Waals surface area contributed by atoms with E-state index in [0.717, 1.165) is 10.0 Å². The predicted molar refractivity (Wildman–Crippen MR) is 86.0 cm³/mol. The first-order valence-electron chi connectivity index (χ1n) is 5.91. The Labute approximate surface area is 136 Å². The first-order valence-corrected chi connectivity index (χ1v) is 7.46. The standard InChI is InChI=1S/C15H13BrCl2O2/c1-8-6-13(20-2)9(7-10(8)16)15(19)14-11(17)4-3-5-12(14)18/h3-7,15,19H,1-2H3. The van der Waals surface area contributed by atoms with E-state index in [2.05, 4.69) is 15.9 Å². The van der Waals surface area contributed by atoms with Crippen LogP contribution >= 0.6 is 39.1 Å². The molecule has 1 atom stereocenters. The van der Waals surface area contributed by atoms with Crippen LogP contribution < -0.4 is 4.74 Å². The minimum absolute atomic E-state index is 0.420. The zero-order chi connectivity index (χ0) is 14.9. The largest absolute Gasteiger partial charge is 0.496 e. The van der Waals surface area contributed by atoms with Crippen molar-refractivity contribution in [3.05, 3.63) is 61.5 Å². The summed E-state index contributed by atoms with van der Waals surface area (Å²) in [6.07, 6.45) is -0.956. The highest BCUT2D eigenvalue weighted by molar-refractivity contribution is 9.10. The third-order valence-corrected chi connectivity index (χ3v) is 4.59. The smallest absolute Gasteiger partial charge is 0.125 e. The summed E-state index contributed by atoms with van der Waals surface area (Å²) in [6, 6.07) is 8.80. The molecule has 106 valence electrons. The minimum atomic E-state index is -0.956. The number of ether oxygens (including phenoxy) is 1. The molecule has 0 heterocycles. The number of aliphatic hydroxyl groups is 1. The number of aryl methyl sites for hydroxylation is 1. The highest BCUT2D eigenvalue weighted by Gasteiger charge is 2.21. The van der Waals surface area contributed by atoms with Crippen LogP contribution in [0, 0.1) is 6.92 Å². The molecule has 2 aromatic carbocycles. The Morgan fingerprint density at radius 3 is 2.35 bits per heavy atom. The minimum Gasteiger partial charge on any atom is -0.496 e. The summed E-state index contributed by atoms with van der Waals surface area (Å²) < 4.78 is 6.22. The molecule has 0 amide bonds. The van der Waals surface area contributed by atoms with Gasteiger partial charge in [0, 0.05) is 25.6 Å². The Balaban J connectivity index is 2.59. The average Bonchev–Trinajstić information content (AvgIpc) is 2.41. The Kier molecular flexibility index (Phi) is 4.97. The summed E-state index contributed by atoms with van der Waals surface area (Å²) in [6.45, 7) is 1.95. The van der Waals surface area contributed by atoms with Crippen LogP contribution in [-0.4, -0.2) is 12.2 Å². The summed E-state index contributed by atoms with van der Waals surface area (Å²) in [4.78, 5) is 0. The fourth-order valence-electron chi connectivity index (χ4n) is 1.99. The SMILES string of the molecule is COc1cc(C)c(Br)cc1C(O)c1c(Cl)cccc1Cl. The van der Waals surface area contributed by atoms with Crippen molar-refractivity contribution in [2.45, 2.75) is 13.0 Å². The van der Waals surface area contributed by atoms with Gasteiger partial charge in [-0.05, 0) is 36.8 Å². The fraction of sp³-hybridized carbons (Fsp3) is 0.200. The first kappa shape index (κ1) is 15.6. The second-order valence-corrected chi connectivity index (χ2v) is 6.05. The molecular formula is C15H13BrCl2O2. The van der Waals surface area contributed by atoms with E-state index in [1.54, 1.807) is 25.3 Å². The first-order chi connectivity index (χ1) is 9.45. The molecular weight excluding hydrogens is 363 g/mol. The van der Waals surface area contributed by atoms with E-state index in [0.29, 0.717) is 26.9 Å². The predicted octanol–water partition coefficient (Wildman–Crippen LogP) is 5.15. The number of hydrogen-bond donors (Lipinski definition) is 1. The summed E-state index contributed by atoms with van der Waals surface area (Å²) in [7, 11) is 1.56. The maximum atomic E-state index is 10.6. The third kappa shape index (κ3) is 2.96.